The summed E-state index contributed by atoms with van der Waals surface area (Å²) in [6.45, 7) is -1.04. The zero-order valence-electron chi connectivity index (χ0n) is 7.20. The first-order chi connectivity index (χ1) is 5.91. The first-order valence-corrected chi connectivity index (χ1v) is 3.32. The average Bonchev–Trinajstić information content (AvgIpc) is 2.12. The summed E-state index contributed by atoms with van der Waals surface area (Å²) in [6, 6.07) is 0. The number of hydrogen-bond donors (Lipinski definition) is 5. The van der Waals surface area contributed by atoms with E-state index in [-0.39, 0.29) is 37.7 Å². The van der Waals surface area contributed by atoms with Gasteiger partial charge in [0.25, 0.3) is 0 Å². The van der Waals surface area contributed by atoms with Crippen molar-refractivity contribution < 1.29 is 35.1 Å². The molecule has 14 heavy (non-hydrogen) atoms. The van der Waals surface area contributed by atoms with Gasteiger partial charge in [-0.1, -0.05) is 0 Å². The van der Waals surface area contributed by atoms with Crippen molar-refractivity contribution in [2.75, 3.05) is 6.61 Å². The average molecular weight is 234 g/mol. The summed E-state index contributed by atoms with van der Waals surface area (Å²) in [4.78, 5) is 20.6. The van der Waals surface area contributed by atoms with Crippen LogP contribution in [0.3, 0.4) is 0 Å². The van der Waals surface area contributed by atoms with E-state index >= 15 is 0 Å². The Labute approximate surface area is 109 Å². The normalized spacial score (nSPS) is 16.3. The van der Waals surface area contributed by atoms with Crippen molar-refractivity contribution in [3.05, 3.63) is 0 Å². The summed E-state index contributed by atoms with van der Waals surface area (Å²) in [5.41, 5.74) is 0. The molecule has 0 aromatic carbocycles. The number of carboxylic acids is 1. The van der Waals surface area contributed by atoms with Gasteiger partial charge in [-0.05, 0) is 0 Å². The number of Topliss-reactive ketones (excluding diaryl/α,β-unsaturated/α-hetero) is 1. The Morgan fingerprint density at radius 2 is 1.50 bits per heavy atom. The fraction of sp³-hybridized carbons (Fsp3) is 0.667. The maximum atomic E-state index is 10.5. The van der Waals surface area contributed by atoms with Crippen LogP contribution in [0, 0.1) is 0 Å². The van der Waals surface area contributed by atoms with Gasteiger partial charge in [0.1, 0.15) is 18.8 Å². The Kier molecular flexibility index (Phi) is 8.95. The van der Waals surface area contributed by atoms with Crippen LogP contribution >= 0.6 is 0 Å². The minimum atomic E-state index is -2.26. The number of carbonyl (C=O) groups is 2. The summed E-state index contributed by atoms with van der Waals surface area (Å²) < 4.78 is 0. The molecular weight excluding hydrogens is 224 g/mol. The summed E-state index contributed by atoms with van der Waals surface area (Å²) >= 11 is 0. The SMILES string of the molecule is O=C(O)C(O)C(O)C(O)C(=O)CO.[Ca]. The van der Waals surface area contributed by atoms with E-state index in [1.165, 1.54) is 0 Å². The molecule has 2 radical (unpaired) electrons. The maximum Gasteiger partial charge on any atom is 0.335 e. The van der Waals surface area contributed by atoms with Crippen LogP contribution in [0.25, 0.3) is 0 Å². The molecule has 7 nitrogen and oxygen atoms in total. The number of carbonyl (C=O) groups excluding carboxylic acids is 1. The van der Waals surface area contributed by atoms with Gasteiger partial charge in [0.15, 0.2) is 11.9 Å². The fourth-order valence-corrected chi connectivity index (χ4v) is 0.603. The third kappa shape index (κ3) is 4.65. The van der Waals surface area contributed by atoms with Crippen LogP contribution in [-0.4, -0.2) is 99.9 Å². The largest absolute Gasteiger partial charge is 0.479 e. The van der Waals surface area contributed by atoms with E-state index in [0.29, 0.717) is 0 Å². The van der Waals surface area contributed by atoms with E-state index in [9.17, 15) is 9.59 Å². The zero-order valence-corrected chi connectivity index (χ0v) is 9.41. The van der Waals surface area contributed by atoms with Crippen LogP contribution in [0.2, 0.25) is 0 Å². The van der Waals surface area contributed by atoms with Crippen molar-refractivity contribution in [2.45, 2.75) is 18.3 Å². The molecule has 0 saturated carbocycles. The third-order valence-electron chi connectivity index (χ3n) is 1.39. The van der Waals surface area contributed by atoms with Crippen molar-refractivity contribution in [1.29, 1.82) is 0 Å². The van der Waals surface area contributed by atoms with Gasteiger partial charge in [-0.2, -0.15) is 0 Å². The van der Waals surface area contributed by atoms with E-state index in [1.54, 1.807) is 0 Å². The van der Waals surface area contributed by atoms with Gasteiger partial charge >= 0.3 is 5.97 Å². The minimum absolute atomic E-state index is 0. The van der Waals surface area contributed by atoms with Crippen LogP contribution in [0.15, 0.2) is 0 Å². The quantitative estimate of drug-likeness (QED) is 0.309. The Balaban J connectivity index is 0. The second-order valence-electron chi connectivity index (χ2n) is 2.34. The van der Waals surface area contributed by atoms with Crippen molar-refractivity contribution in [2.24, 2.45) is 0 Å². The smallest absolute Gasteiger partial charge is 0.335 e. The van der Waals surface area contributed by atoms with E-state index in [4.69, 9.17) is 25.5 Å². The van der Waals surface area contributed by atoms with E-state index in [1.807, 2.05) is 0 Å². The number of ketones is 1. The van der Waals surface area contributed by atoms with Gasteiger partial charge in [-0.25, -0.2) is 4.79 Å². The summed E-state index contributed by atoms with van der Waals surface area (Å²) in [5.74, 6) is -2.93. The molecule has 0 spiro atoms. The Morgan fingerprint density at radius 3 is 1.79 bits per heavy atom. The van der Waals surface area contributed by atoms with Gasteiger partial charge in [0.2, 0.25) is 0 Å². The van der Waals surface area contributed by atoms with Crippen LogP contribution in [0.1, 0.15) is 0 Å². The van der Waals surface area contributed by atoms with E-state index < -0.39 is 36.7 Å². The van der Waals surface area contributed by atoms with Gasteiger partial charge in [-0.3, -0.25) is 4.79 Å². The maximum absolute atomic E-state index is 10.5. The molecule has 0 aliphatic rings. The molecule has 8 heteroatoms. The minimum Gasteiger partial charge on any atom is -0.479 e. The molecule has 3 unspecified atom stereocenters. The van der Waals surface area contributed by atoms with E-state index in [0.717, 1.165) is 0 Å². The number of carboxylic acid groups (broad SMARTS) is 1. The van der Waals surface area contributed by atoms with Crippen LogP contribution in [0.4, 0.5) is 0 Å². The molecule has 0 aliphatic carbocycles. The van der Waals surface area contributed by atoms with Crippen molar-refractivity contribution in [3.63, 3.8) is 0 Å². The van der Waals surface area contributed by atoms with Gasteiger partial charge in [-0.15, -0.1) is 0 Å². The van der Waals surface area contributed by atoms with Gasteiger partial charge in [0.05, 0.1) is 0 Å². The van der Waals surface area contributed by atoms with Crippen LogP contribution in [0.5, 0.6) is 0 Å². The second-order valence-corrected chi connectivity index (χ2v) is 2.34. The molecule has 0 aromatic rings. The number of rotatable bonds is 5. The summed E-state index contributed by atoms with van der Waals surface area (Å²) in [7, 11) is 0. The Hall–Kier alpha value is 0.240. The molecule has 78 valence electrons. The third-order valence-corrected chi connectivity index (χ3v) is 1.39. The molecule has 0 aliphatic heterocycles. The second kappa shape index (κ2) is 7.52. The molecule has 0 saturated heterocycles. The predicted molar refractivity (Wildman–Crippen MR) is 43.5 cm³/mol. The van der Waals surface area contributed by atoms with Gasteiger partial charge in [0, 0.05) is 37.7 Å². The monoisotopic (exact) mass is 234 g/mol. The standard InChI is InChI=1S/C6H10O7.Ca/c7-1-2(8)3(9)4(10)5(11)6(12)13;/h3-5,7,9-11H,1H2,(H,12,13);. The number of aliphatic carboxylic acids is 1. The predicted octanol–water partition coefficient (Wildman–Crippen LogP) is -3.67. The first-order valence-electron chi connectivity index (χ1n) is 3.32. The molecule has 0 heterocycles. The molecule has 0 fully saturated rings. The first kappa shape index (κ1) is 16.7. The topological polar surface area (TPSA) is 135 Å². The van der Waals surface area contributed by atoms with Crippen molar-refractivity contribution >= 4 is 49.5 Å². The number of aliphatic hydroxyl groups is 4. The summed E-state index contributed by atoms with van der Waals surface area (Å²) in [5, 5.41) is 42.7. The number of hydrogen-bond acceptors (Lipinski definition) is 6. The molecule has 0 aromatic heterocycles. The Morgan fingerprint density at radius 1 is 1.07 bits per heavy atom. The number of aliphatic hydroxyl groups excluding tert-OH is 4. The molecule has 0 amide bonds. The Bertz CT molecular complexity index is 206. The van der Waals surface area contributed by atoms with Crippen LogP contribution in [-0.2, 0) is 9.59 Å². The zero-order chi connectivity index (χ0) is 10.6. The molecular formula is C6H10CaO7. The van der Waals surface area contributed by atoms with Gasteiger partial charge < -0.3 is 25.5 Å². The summed E-state index contributed by atoms with van der Waals surface area (Å²) in [6.07, 6.45) is -6.50. The molecule has 3 atom stereocenters. The molecule has 5 N–H and O–H groups in total. The van der Waals surface area contributed by atoms with Crippen LogP contribution < -0.4 is 0 Å². The van der Waals surface area contributed by atoms with Crippen molar-refractivity contribution in [1.82, 2.24) is 0 Å². The molecule has 0 rings (SSSR count). The van der Waals surface area contributed by atoms with Crippen molar-refractivity contribution in [3.8, 4) is 0 Å². The van der Waals surface area contributed by atoms with E-state index in [2.05, 4.69) is 0 Å². The molecule has 0 bridgehead atoms. The fourth-order valence-electron chi connectivity index (χ4n) is 0.603.